The molecule has 3 aromatic carbocycles. The van der Waals surface area contributed by atoms with Crippen LogP contribution in [0.5, 0.6) is 17.2 Å². The smallest absolute Gasteiger partial charge is 0.240 e. The van der Waals surface area contributed by atoms with Gasteiger partial charge in [0, 0.05) is 0 Å². The van der Waals surface area contributed by atoms with Gasteiger partial charge in [0.05, 0.1) is 56.5 Å². The molecule has 1 saturated heterocycles. The number of nitrogens with one attached hydrogen (secondary N) is 1. The first-order valence-electron chi connectivity index (χ1n) is 15.0. The number of thioether (sulfide) groups is 1. The molecule has 0 spiro atoms. The number of nitrogens with zero attached hydrogens (tertiary/aromatic N) is 1. The van der Waals surface area contributed by atoms with E-state index in [0.29, 0.717) is 37.1 Å². The first kappa shape index (κ1) is 30.3. The third-order valence-corrected chi connectivity index (χ3v) is 9.09. The van der Waals surface area contributed by atoms with E-state index in [1.165, 1.54) is 16.0 Å². The second-order valence-corrected chi connectivity index (χ2v) is 11.2. The summed E-state index contributed by atoms with van der Waals surface area (Å²) in [6.45, 7) is 8.89. The van der Waals surface area contributed by atoms with Crippen LogP contribution in [-0.2, 0) is 29.0 Å². The van der Waals surface area contributed by atoms with Crippen molar-refractivity contribution in [1.82, 2.24) is 10.2 Å². The lowest BCUT2D eigenvalue weighted by molar-refractivity contribution is -0.148. The van der Waals surface area contributed by atoms with Gasteiger partial charge in [0.15, 0.2) is 11.5 Å². The third-order valence-electron chi connectivity index (χ3n) is 8.23. The van der Waals surface area contributed by atoms with Gasteiger partial charge in [-0.1, -0.05) is 69.8 Å². The molecule has 1 amide bonds. The summed E-state index contributed by atoms with van der Waals surface area (Å²) in [5, 5.41) is 3.70. The van der Waals surface area contributed by atoms with Crippen molar-refractivity contribution in [2.75, 3.05) is 26.8 Å². The van der Waals surface area contributed by atoms with Gasteiger partial charge in [-0.2, -0.15) is 0 Å². The lowest BCUT2D eigenvalue weighted by atomic mass is 9.76. The Morgan fingerprint density at radius 1 is 0.929 bits per heavy atom. The highest BCUT2D eigenvalue weighted by Crippen LogP contribution is 2.49. The number of methoxy groups -OCH3 is 2. The normalized spacial score (nSPS) is 22.5. The van der Waals surface area contributed by atoms with Crippen molar-refractivity contribution in [2.45, 2.75) is 76.2 Å². The first-order chi connectivity index (χ1) is 20.6. The minimum Gasteiger partial charge on any atom is -0.493 e. The minimum atomic E-state index is -0.269. The summed E-state index contributed by atoms with van der Waals surface area (Å²) >= 11 is 1.73. The highest BCUT2D eigenvalue weighted by atomic mass is 32.2. The fourth-order valence-corrected chi connectivity index (χ4v) is 7.25. The molecule has 0 aromatic heterocycles. The monoisotopic (exact) mass is 590 g/mol. The summed E-state index contributed by atoms with van der Waals surface area (Å²) in [6, 6.07) is 18.2. The van der Waals surface area contributed by atoms with E-state index in [9.17, 15) is 4.79 Å². The van der Waals surface area contributed by atoms with E-state index >= 15 is 0 Å². The van der Waals surface area contributed by atoms with E-state index in [1.807, 2.05) is 52.0 Å². The van der Waals surface area contributed by atoms with Crippen LogP contribution >= 0.6 is 11.8 Å². The summed E-state index contributed by atoms with van der Waals surface area (Å²) < 4.78 is 23.4. The maximum atomic E-state index is 14.1. The molecule has 0 aliphatic carbocycles. The van der Waals surface area contributed by atoms with Gasteiger partial charge in [0.25, 0.3) is 0 Å². The van der Waals surface area contributed by atoms with Crippen LogP contribution in [0.4, 0.5) is 0 Å². The van der Waals surface area contributed by atoms with Gasteiger partial charge in [-0.25, -0.2) is 0 Å². The summed E-state index contributed by atoms with van der Waals surface area (Å²) in [5.41, 5.74) is 5.82. The molecule has 4 heterocycles. The molecule has 0 saturated carbocycles. The molecule has 1 fully saturated rings. The largest absolute Gasteiger partial charge is 0.493 e. The van der Waals surface area contributed by atoms with Crippen molar-refractivity contribution in [3.8, 4) is 17.2 Å². The van der Waals surface area contributed by atoms with Crippen molar-refractivity contribution in [1.29, 1.82) is 0 Å². The van der Waals surface area contributed by atoms with Crippen molar-refractivity contribution >= 4 is 17.7 Å². The van der Waals surface area contributed by atoms with Gasteiger partial charge < -0.3 is 23.8 Å². The molecule has 0 radical (unpaired) electrons. The Kier molecular flexibility index (Phi) is 9.66. The molecule has 7 rings (SSSR count). The highest BCUT2D eigenvalue weighted by Gasteiger charge is 2.51. The highest BCUT2D eigenvalue weighted by molar-refractivity contribution is 7.99. The lowest BCUT2D eigenvalue weighted by Crippen LogP contribution is -2.66. The van der Waals surface area contributed by atoms with Gasteiger partial charge in [0.1, 0.15) is 11.7 Å². The van der Waals surface area contributed by atoms with Gasteiger partial charge >= 0.3 is 0 Å². The second-order valence-electron chi connectivity index (χ2n) is 10.2. The van der Waals surface area contributed by atoms with E-state index in [2.05, 4.69) is 40.5 Å². The van der Waals surface area contributed by atoms with Crippen LogP contribution in [0.25, 0.3) is 0 Å². The van der Waals surface area contributed by atoms with E-state index in [0.717, 1.165) is 28.9 Å². The second kappa shape index (κ2) is 13.4. The van der Waals surface area contributed by atoms with Crippen LogP contribution in [0.2, 0.25) is 0 Å². The van der Waals surface area contributed by atoms with Crippen molar-refractivity contribution in [3.05, 3.63) is 82.4 Å². The Bertz CT molecular complexity index is 1400. The molecule has 42 heavy (non-hydrogen) atoms. The summed E-state index contributed by atoms with van der Waals surface area (Å²) in [4.78, 5) is 17.3. The van der Waals surface area contributed by atoms with Crippen LogP contribution in [0, 0.1) is 0 Å². The molecule has 4 atom stereocenters. The zero-order chi connectivity index (χ0) is 29.8. The number of fused-ring (bicyclic) bond motifs is 8. The molecule has 2 unspecified atom stereocenters. The Labute approximate surface area is 253 Å². The molecule has 2 bridgehead atoms. The Balaban J connectivity index is 0.000000847. The van der Waals surface area contributed by atoms with E-state index in [4.69, 9.17) is 18.9 Å². The van der Waals surface area contributed by atoms with Crippen molar-refractivity contribution < 1.29 is 23.7 Å². The number of hydrogen-bond donors (Lipinski definition) is 1. The number of benzene rings is 3. The number of piperazine rings is 1. The SMILES string of the molecule is CC.CC.COc1cc2c(cc1OC)C(COCc1ccccc1)N1C(=O)[C@@H]3Cc4cc5c(cc4[C@@H](N3)C1C2)SCO5. The van der Waals surface area contributed by atoms with Crippen molar-refractivity contribution in [2.24, 2.45) is 0 Å². The van der Waals surface area contributed by atoms with Crippen LogP contribution in [0.15, 0.2) is 59.5 Å². The topological polar surface area (TPSA) is 69.3 Å². The zero-order valence-electron chi connectivity index (χ0n) is 25.4. The Morgan fingerprint density at radius 2 is 1.64 bits per heavy atom. The Morgan fingerprint density at radius 3 is 2.38 bits per heavy atom. The summed E-state index contributed by atoms with van der Waals surface area (Å²) in [5.74, 6) is 3.08. The van der Waals surface area contributed by atoms with Crippen LogP contribution in [0.3, 0.4) is 0 Å². The minimum absolute atomic E-state index is 0.0332. The summed E-state index contributed by atoms with van der Waals surface area (Å²) in [6.07, 6.45) is 1.38. The number of carbonyl (C=O) groups is 1. The zero-order valence-corrected chi connectivity index (χ0v) is 26.3. The molecule has 1 N–H and O–H groups in total. The predicted molar refractivity (Wildman–Crippen MR) is 167 cm³/mol. The molecule has 7 nitrogen and oxygen atoms in total. The fourth-order valence-electron chi connectivity index (χ4n) is 6.46. The number of hydrogen-bond acceptors (Lipinski definition) is 7. The fraction of sp³-hybridized carbons (Fsp3) is 0.441. The maximum absolute atomic E-state index is 14.1. The van der Waals surface area contributed by atoms with Gasteiger partial charge in [-0.15, -0.1) is 0 Å². The molecule has 4 aliphatic rings. The molecule has 8 heteroatoms. The number of rotatable bonds is 6. The molecule has 3 aromatic rings. The van der Waals surface area contributed by atoms with Gasteiger partial charge in [0.2, 0.25) is 5.91 Å². The molecular formula is C34H42N2O5S. The Hall–Kier alpha value is -3.20. The average molecular weight is 591 g/mol. The number of carbonyl (C=O) groups excluding carboxylic acids is 1. The van der Waals surface area contributed by atoms with E-state index < -0.39 is 0 Å². The van der Waals surface area contributed by atoms with E-state index in [-0.39, 0.29) is 30.1 Å². The first-order valence-corrected chi connectivity index (χ1v) is 16.0. The number of amides is 1. The molecule has 4 aliphatic heterocycles. The summed E-state index contributed by atoms with van der Waals surface area (Å²) in [7, 11) is 3.31. The third kappa shape index (κ3) is 5.48. The lowest BCUT2D eigenvalue weighted by Gasteiger charge is -2.54. The number of ether oxygens (including phenoxy) is 4. The van der Waals surface area contributed by atoms with Crippen molar-refractivity contribution in [3.63, 3.8) is 0 Å². The van der Waals surface area contributed by atoms with Gasteiger partial charge in [-0.3, -0.25) is 10.1 Å². The predicted octanol–water partition coefficient (Wildman–Crippen LogP) is 6.48. The quantitative estimate of drug-likeness (QED) is 0.353. The molecule has 224 valence electrons. The van der Waals surface area contributed by atoms with Crippen LogP contribution in [0.1, 0.15) is 67.6 Å². The van der Waals surface area contributed by atoms with Crippen LogP contribution < -0.4 is 19.5 Å². The molecular weight excluding hydrogens is 548 g/mol. The van der Waals surface area contributed by atoms with Gasteiger partial charge in [-0.05, 0) is 64.9 Å². The average Bonchev–Trinajstić information content (AvgIpc) is 3.51. The standard InChI is InChI=1S/C30H30N2O5S.2C2H6/c1-34-25-10-19-9-23-29-21-13-28-27(37-16-38-28)11-18(21)8-22(31-29)30(33)32(23)24(20(19)12-26(25)35-2)15-36-14-17-6-4-3-5-7-17;2*1-2/h3-7,10-13,22-24,29,31H,8-9,14-16H2,1-2H3;2*1-2H3/t22-,23?,24?,29+;;/m0../s1. The van der Waals surface area contributed by atoms with E-state index in [1.54, 1.807) is 26.0 Å². The van der Waals surface area contributed by atoms with Crippen LogP contribution in [-0.4, -0.2) is 49.7 Å². The maximum Gasteiger partial charge on any atom is 0.240 e.